The molecule has 0 aliphatic carbocycles. The van der Waals surface area contributed by atoms with Crippen molar-refractivity contribution in [2.75, 3.05) is 20.7 Å². The number of nitrogens with zero attached hydrogens (tertiary/aromatic N) is 1. The Balaban J connectivity index is 2.53. The van der Waals surface area contributed by atoms with Crippen LogP contribution in [0.25, 0.3) is 0 Å². The zero-order chi connectivity index (χ0) is 14.4. The highest BCUT2D eigenvalue weighted by Gasteiger charge is 2.17. The lowest BCUT2D eigenvalue weighted by molar-refractivity contribution is -0.141. The van der Waals surface area contributed by atoms with Crippen molar-refractivity contribution < 1.29 is 14.6 Å². The van der Waals surface area contributed by atoms with Crippen LogP contribution in [0.15, 0.2) is 24.3 Å². The molecular weight excluding hydrogens is 242 g/mol. The Morgan fingerprint density at radius 2 is 1.89 bits per heavy atom. The monoisotopic (exact) mass is 265 g/mol. The van der Waals surface area contributed by atoms with Gasteiger partial charge in [-0.15, -0.1) is 0 Å². The third-order valence-corrected chi connectivity index (χ3v) is 3.43. The Kier molecular flexibility index (Phi) is 5.83. The molecule has 0 fully saturated rings. The van der Waals surface area contributed by atoms with Crippen molar-refractivity contribution in [3.63, 3.8) is 0 Å². The van der Waals surface area contributed by atoms with Crippen LogP contribution in [0.1, 0.15) is 19.4 Å². The van der Waals surface area contributed by atoms with Gasteiger partial charge in [0.1, 0.15) is 5.75 Å². The predicted molar refractivity (Wildman–Crippen MR) is 75.6 cm³/mol. The van der Waals surface area contributed by atoms with Crippen molar-refractivity contribution >= 4 is 5.97 Å². The molecule has 1 rings (SSSR count). The van der Waals surface area contributed by atoms with Crippen LogP contribution in [0.4, 0.5) is 0 Å². The normalized spacial score (nSPS) is 14.2. The van der Waals surface area contributed by atoms with E-state index in [9.17, 15) is 4.79 Å². The molecule has 0 heterocycles. The molecule has 0 aromatic heterocycles. The maximum atomic E-state index is 10.8. The molecule has 0 radical (unpaired) electrons. The molecule has 0 saturated heterocycles. The number of rotatable bonds is 7. The smallest absolute Gasteiger partial charge is 0.307 e. The topological polar surface area (TPSA) is 49.8 Å². The van der Waals surface area contributed by atoms with Gasteiger partial charge < -0.3 is 14.7 Å². The van der Waals surface area contributed by atoms with Gasteiger partial charge in [0.15, 0.2) is 0 Å². The van der Waals surface area contributed by atoms with E-state index in [0.29, 0.717) is 12.6 Å². The Labute approximate surface area is 115 Å². The highest BCUT2D eigenvalue weighted by atomic mass is 16.5. The van der Waals surface area contributed by atoms with E-state index in [1.54, 1.807) is 14.0 Å². The number of benzene rings is 1. The average molecular weight is 265 g/mol. The first-order valence-electron chi connectivity index (χ1n) is 6.50. The molecule has 0 amide bonds. The number of carbonyl (C=O) groups is 1. The zero-order valence-electron chi connectivity index (χ0n) is 12.1. The van der Waals surface area contributed by atoms with Crippen LogP contribution in [-0.4, -0.2) is 42.7 Å². The Bertz CT molecular complexity index is 402. The minimum Gasteiger partial charge on any atom is -0.497 e. The van der Waals surface area contributed by atoms with E-state index in [4.69, 9.17) is 9.84 Å². The van der Waals surface area contributed by atoms with Crippen molar-refractivity contribution in [2.24, 2.45) is 5.92 Å². The molecule has 0 aliphatic heterocycles. The third-order valence-electron chi connectivity index (χ3n) is 3.43. The van der Waals surface area contributed by atoms with Crippen LogP contribution in [0.5, 0.6) is 5.75 Å². The summed E-state index contributed by atoms with van der Waals surface area (Å²) in [6.07, 6.45) is 0.896. The second-order valence-electron chi connectivity index (χ2n) is 5.08. The Hall–Kier alpha value is -1.55. The Morgan fingerprint density at radius 1 is 1.32 bits per heavy atom. The van der Waals surface area contributed by atoms with Crippen molar-refractivity contribution in [3.8, 4) is 5.75 Å². The van der Waals surface area contributed by atoms with Gasteiger partial charge >= 0.3 is 5.97 Å². The average Bonchev–Trinajstić information content (AvgIpc) is 2.39. The first kappa shape index (κ1) is 15.5. The van der Waals surface area contributed by atoms with Crippen LogP contribution in [0.3, 0.4) is 0 Å². The van der Waals surface area contributed by atoms with E-state index in [2.05, 4.69) is 11.8 Å². The van der Waals surface area contributed by atoms with Crippen LogP contribution in [-0.2, 0) is 11.2 Å². The summed E-state index contributed by atoms with van der Waals surface area (Å²) in [4.78, 5) is 12.9. The van der Waals surface area contributed by atoms with E-state index in [1.807, 2.05) is 31.3 Å². The highest BCUT2D eigenvalue weighted by molar-refractivity contribution is 5.69. The molecular formula is C15H23NO3. The van der Waals surface area contributed by atoms with Gasteiger partial charge in [0.25, 0.3) is 0 Å². The quantitative estimate of drug-likeness (QED) is 0.821. The maximum Gasteiger partial charge on any atom is 0.307 e. The molecule has 0 bridgehead atoms. The first-order chi connectivity index (χ1) is 8.93. The number of ether oxygens (including phenoxy) is 1. The Morgan fingerprint density at radius 3 is 2.37 bits per heavy atom. The van der Waals surface area contributed by atoms with Gasteiger partial charge in [-0.25, -0.2) is 0 Å². The summed E-state index contributed by atoms with van der Waals surface area (Å²) < 4.78 is 5.12. The lowest BCUT2D eigenvalue weighted by atomic mass is 10.0. The molecule has 19 heavy (non-hydrogen) atoms. The molecule has 4 nitrogen and oxygen atoms in total. The molecule has 106 valence electrons. The molecule has 1 N–H and O–H groups in total. The number of hydrogen-bond acceptors (Lipinski definition) is 3. The van der Waals surface area contributed by atoms with Crippen LogP contribution in [0, 0.1) is 5.92 Å². The van der Waals surface area contributed by atoms with E-state index in [-0.39, 0.29) is 5.92 Å². The van der Waals surface area contributed by atoms with Gasteiger partial charge in [-0.05, 0) is 38.1 Å². The summed E-state index contributed by atoms with van der Waals surface area (Å²) >= 11 is 0. The fourth-order valence-electron chi connectivity index (χ4n) is 1.95. The lowest BCUT2D eigenvalue weighted by Gasteiger charge is -2.26. The number of likely N-dealkylation sites (N-methyl/N-ethyl adjacent to an activating group) is 1. The maximum absolute atomic E-state index is 10.8. The third kappa shape index (κ3) is 4.91. The number of methoxy groups -OCH3 is 1. The van der Waals surface area contributed by atoms with Crippen LogP contribution in [0.2, 0.25) is 0 Å². The predicted octanol–water partition coefficient (Wildman–Crippen LogP) is 2.28. The summed E-state index contributed by atoms with van der Waals surface area (Å²) in [6.45, 7) is 4.41. The van der Waals surface area contributed by atoms with Crippen molar-refractivity contribution in [3.05, 3.63) is 29.8 Å². The summed E-state index contributed by atoms with van der Waals surface area (Å²) in [5.41, 5.74) is 1.23. The highest BCUT2D eigenvalue weighted by Crippen LogP contribution is 2.14. The van der Waals surface area contributed by atoms with Gasteiger partial charge in [-0.3, -0.25) is 4.79 Å². The summed E-state index contributed by atoms with van der Waals surface area (Å²) in [7, 11) is 3.62. The molecule has 0 aliphatic rings. The molecule has 4 heteroatoms. The van der Waals surface area contributed by atoms with Gasteiger partial charge in [0, 0.05) is 12.6 Å². The molecule has 1 aromatic rings. The van der Waals surface area contributed by atoms with Crippen molar-refractivity contribution in [1.82, 2.24) is 4.90 Å². The molecule has 0 saturated carbocycles. The zero-order valence-corrected chi connectivity index (χ0v) is 12.1. The molecule has 0 spiro atoms. The van der Waals surface area contributed by atoms with Gasteiger partial charge in [0.05, 0.1) is 13.0 Å². The van der Waals surface area contributed by atoms with Gasteiger partial charge in [-0.1, -0.05) is 19.1 Å². The minimum atomic E-state index is -0.747. The van der Waals surface area contributed by atoms with E-state index >= 15 is 0 Å². The molecule has 2 unspecified atom stereocenters. The van der Waals surface area contributed by atoms with Crippen molar-refractivity contribution in [2.45, 2.75) is 26.3 Å². The minimum absolute atomic E-state index is 0.301. The van der Waals surface area contributed by atoms with Crippen LogP contribution < -0.4 is 4.74 Å². The van der Waals surface area contributed by atoms with Gasteiger partial charge in [-0.2, -0.15) is 0 Å². The van der Waals surface area contributed by atoms with Crippen LogP contribution >= 0.6 is 0 Å². The number of hydrogen-bond donors (Lipinski definition) is 1. The summed E-state index contributed by atoms with van der Waals surface area (Å²) in [5, 5.41) is 8.92. The molecule has 1 aromatic carbocycles. The molecule has 2 atom stereocenters. The second kappa shape index (κ2) is 7.14. The number of carboxylic acids is 1. The van der Waals surface area contributed by atoms with E-state index in [0.717, 1.165) is 12.2 Å². The SMILES string of the molecule is COc1ccc(CC(C)N(C)CC(C)C(=O)O)cc1. The number of aliphatic carboxylic acids is 1. The second-order valence-corrected chi connectivity index (χ2v) is 5.08. The number of carboxylic acid groups (broad SMARTS) is 1. The summed E-state index contributed by atoms with van der Waals surface area (Å²) in [6, 6.07) is 8.28. The lowest BCUT2D eigenvalue weighted by Crippen LogP contribution is -2.36. The van der Waals surface area contributed by atoms with E-state index < -0.39 is 5.97 Å². The largest absolute Gasteiger partial charge is 0.497 e. The fourth-order valence-corrected chi connectivity index (χ4v) is 1.95. The first-order valence-corrected chi connectivity index (χ1v) is 6.50. The summed E-state index contributed by atoms with van der Waals surface area (Å²) in [5.74, 6) is -0.240. The standard InChI is InChI=1S/C15H23NO3/c1-11(15(17)18)10-16(3)12(2)9-13-5-7-14(19-4)8-6-13/h5-8,11-12H,9-10H2,1-4H3,(H,17,18). The van der Waals surface area contributed by atoms with E-state index in [1.165, 1.54) is 5.56 Å². The van der Waals surface area contributed by atoms with Crippen molar-refractivity contribution in [1.29, 1.82) is 0 Å². The van der Waals surface area contributed by atoms with Gasteiger partial charge in [0.2, 0.25) is 0 Å². The fraction of sp³-hybridized carbons (Fsp3) is 0.533.